The molecular weight excluding hydrogens is 312 g/mol. The van der Waals surface area contributed by atoms with E-state index in [9.17, 15) is 4.79 Å². The molecule has 0 unspecified atom stereocenters. The summed E-state index contributed by atoms with van der Waals surface area (Å²) in [4.78, 5) is 15.2. The van der Waals surface area contributed by atoms with E-state index in [1.54, 1.807) is 16.2 Å². The molecule has 1 aromatic carbocycles. The van der Waals surface area contributed by atoms with E-state index in [1.165, 1.54) is 4.88 Å². The zero-order valence-electron chi connectivity index (χ0n) is 13.2. The summed E-state index contributed by atoms with van der Waals surface area (Å²) in [6, 6.07) is 9.73. The van der Waals surface area contributed by atoms with Gasteiger partial charge >= 0.3 is 6.03 Å². The number of benzene rings is 1. The van der Waals surface area contributed by atoms with Crippen molar-refractivity contribution < 1.29 is 14.3 Å². The predicted molar refractivity (Wildman–Crippen MR) is 90.2 cm³/mol. The number of thiophene rings is 1. The van der Waals surface area contributed by atoms with Crippen LogP contribution in [0.3, 0.4) is 0 Å². The summed E-state index contributed by atoms with van der Waals surface area (Å²) >= 11 is 1.65. The third kappa shape index (κ3) is 3.59. The van der Waals surface area contributed by atoms with Crippen LogP contribution in [0, 0.1) is 0 Å². The number of amides is 2. The second-order valence-electron chi connectivity index (χ2n) is 5.44. The number of ether oxygens (including phenoxy) is 2. The van der Waals surface area contributed by atoms with Crippen LogP contribution in [0.5, 0.6) is 11.5 Å². The maximum absolute atomic E-state index is 12.3. The van der Waals surface area contributed by atoms with Crippen molar-refractivity contribution in [3.63, 3.8) is 0 Å². The Morgan fingerprint density at radius 1 is 1.30 bits per heavy atom. The highest BCUT2D eigenvalue weighted by molar-refractivity contribution is 7.10. The van der Waals surface area contributed by atoms with Gasteiger partial charge in [0.05, 0.1) is 6.04 Å². The van der Waals surface area contributed by atoms with E-state index in [4.69, 9.17) is 9.47 Å². The molecule has 0 aliphatic carbocycles. The summed E-state index contributed by atoms with van der Waals surface area (Å²) in [7, 11) is 1.81. The Morgan fingerprint density at radius 3 is 2.83 bits per heavy atom. The van der Waals surface area contributed by atoms with E-state index in [0.29, 0.717) is 19.8 Å². The van der Waals surface area contributed by atoms with Gasteiger partial charge in [0, 0.05) is 18.5 Å². The number of urea groups is 1. The summed E-state index contributed by atoms with van der Waals surface area (Å²) in [5.74, 6) is 1.50. The van der Waals surface area contributed by atoms with Crippen molar-refractivity contribution in [1.29, 1.82) is 0 Å². The number of hydrogen-bond donors (Lipinski definition) is 1. The Labute approximate surface area is 139 Å². The fourth-order valence-corrected chi connectivity index (χ4v) is 3.22. The van der Waals surface area contributed by atoms with Gasteiger partial charge in [-0.1, -0.05) is 12.1 Å². The Hall–Kier alpha value is -2.21. The Bertz CT molecular complexity index is 672. The van der Waals surface area contributed by atoms with Gasteiger partial charge in [-0.15, -0.1) is 11.3 Å². The molecule has 1 aliphatic rings. The number of hydrogen-bond acceptors (Lipinski definition) is 4. The largest absolute Gasteiger partial charge is 0.486 e. The van der Waals surface area contributed by atoms with E-state index < -0.39 is 0 Å². The van der Waals surface area contributed by atoms with Crippen LogP contribution in [0.25, 0.3) is 0 Å². The minimum atomic E-state index is -0.0965. The summed E-state index contributed by atoms with van der Waals surface area (Å²) in [6.07, 6.45) is 0. The van der Waals surface area contributed by atoms with Crippen molar-refractivity contribution in [3.8, 4) is 11.5 Å². The Morgan fingerprint density at radius 2 is 2.09 bits per heavy atom. The Kier molecular flexibility index (Phi) is 4.71. The normalized spacial score (nSPS) is 14.2. The van der Waals surface area contributed by atoms with Crippen LogP contribution in [0.2, 0.25) is 0 Å². The molecule has 6 heteroatoms. The molecule has 5 nitrogen and oxygen atoms in total. The SMILES string of the molecule is C[C@@H](c1cccs1)N(C)C(=O)NCc1ccc2c(c1)OCCO2. The van der Waals surface area contributed by atoms with Crippen LogP contribution in [-0.2, 0) is 6.54 Å². The van der Waals surface area contributed by atoms with E-state index >= 15 is 0 Å². The Balaban J connectivity index is 1.58. The minimum Gasteiger partial charge on any atom is -0.486 e. The molecule has 122 valence electrons. The second kappa shape index (κ2) is 6.91. The van der Waals surface area contributed by atoms with E-state index in [-0.39, 0.29) is 12.1 Å². The van der Waals surface area contributed by atoms with Crippen molar-refractivity contribution in [2.24, 2.45) is 0 Å². The molecule has 23 heavy (non-hydrogen) atoms. The van der Waals surface area contributed by atoms with Gasteiger partial charge in [-0.3, -0.25) is 0 Å². The smallest absolute Gasteiger partial charge is 0.317 e. The van der Waals surface area contributed by atoms with E-state index in [0.717, 1.165) is 17.1 Å². The van der Waals surface area contributed by atoms with Crippen molar-refractivity contribution in [1.82, 2.24) is 10.2 Å². The van der Waals surface area contributed by atoms with Crippen LogP contribution in [0.1, 0.15) is 23.4 Å². The first-order valence-corrected chi connectivity index (χ1v) is 8.45. The lowest BCUT2D eigenvalue weighted by atomic mass is 10.2. The van der Waals surface area contributed by atoms with Gasteiger partial charge in [0.1, 0.15) is 13.2 Å². The fraction of sp³-hybridized carbons (Fsp3) is 0.353. The molecule has 1 atom stereocenters. The van der Waals surface area contributed by atoms with Crippen LogP contribution < -0.4 is 14.8 Å². The number of carbonyl (C=O) groups is 1. The molecule has 1 aromatic heterocycles. The third-order valence-electron chi connectivity index (χ3n) is 3.91. The van der Waals surface area contributed by atoms with Crippen LogP contribution >= 0.6 is 11.3 Å². The molecule has 3 rings (SSSR count). The number of fused-ring (bicyclic) bond motifs is 1. The molecule has 0 saturated carbocycles. The van der Waals surface area contributed by atoms with Gasteiger partial charge in [-0.2, -0.15) is 0 Å². The lowest BCUT2D eigenvalue weighted by molar-refractivity contribution is 0.171. The first-order chi connectivity index (χ1) is 11.1. The average Bonchev–Trinajstić information content (AvgIpc) is 3.12. The summed E-state index contributed by atoms with van der Waals surface area (Å²) in [6.45, 7) is 3.62. The molecule has 2 heterocycles. The molecule has 0 radical (unpaired) electrons. The standard InChI is InChI=1S/C17H20N2O3S/c1-12(16-4-3-9-23-16)19(2)17(20)18-11-13-5-6-14-15(10-13)22-8-7-21-14/h3-6,9-10,12H,7-8,11H2,1-2H3,(H,18,20)/t12-/m0/s1. The van der Waals surface area contributed by atoms with Crippen molar-refractivity contribution >= 4 is 17.4 Å². The van der Waals surface area contributed by atoms with Crippen LogP contribution in [0.4, 0.5) is 4.79 Å². The summed E-state index contributed by atoms with van der Waals surface area (Å²) in [5.41, 5.74) is 0.986. The molecular formula is C17H20N2O3S. The van der Waals surface area contributed by atoms with Gasteiger partial charge in [0.25, 0.3) is 0 Å². The number of nitrogens with zero attached hydrogens (tertiary/aromatic N) is 1. The molecule has 0 spiro atoms. The molecule has 2 aromatic rings. The highest BCUT2D eigenvalue weighted by Gasteiger charge is 2.18. The van der Waals surface area contributed by atoms with Gasteiger partial charge in [0.2, 0.25) is 0 Å². The molecule has 2 amide bonds. The van der Waals surface area contributed by atoms with E-state index in [2.05, 4.69) is 5.32 Å². The number of carbonyl (C=O) groups excluding carboxylic acids is 1. The summed E-state index contributed by atoms with van der Waals surface area (Å²) in [5, 5.41) is 4.96. The first kappa shape index (κ1) is 15.7. The predicted octanol–water partition coefficient (Wildman–Crippen LogP) is 3.42. The quantitative estimate of drug-likeness (QED) is 0.933. The molecule has 1 N–H and O–H groups in total. The van der Waals surface area contributed by atoms with Gasteiger partial charge < -0.3 is 19.7 Å². The molecule has 0 bridgehead atoms. The van der Waals surface area contributed by atoms with Crippen molar-refractivity contribution in [2.45, 2.75) is 19.5 Å². The van der Waals surface area contributed by atoms with Crippen molar-refractivity contribution in [3.05, 3.63) is 46.2 Å². The molecule has 0 saturated heterocycles. The second-order valence-corrected chi connectivity index (χ2v) is 6.42. The molecule has 1 aliphatic heterocycles. The highest BCUT2D eigenvalue weighted by atomic mass is 32.1. The maximum Gasteiger partial charge on any atom is 0.317 e. The van der Waals surface area contributed by atoms with Crippen LogP contribution in [0.15, 0.2) is 35.7 Å². The number of rotatable bonds is 4. The number of nitrogens with one attached hydrogen (secondary N) is 1. The maximum atomic E-state index is 12.3. The zero-order chi connectivity index (χ0) is 16.2. The minimum absolute atomic E-state index is 0.0512. The third-order valence-corrected chi connectivity index (χ3v) is 4.95. The first-order valence-electron chi connectivity index (χ1n) is 7.58. The average molecular weight is 332 g/mol. The zero-order valence-corrected chi connectivity index (χ0v) is 14.1. The van der Waals surface area contributed by atoms with E-state index in [1.807, 2.05) is 49.7 Å². The lowest BCUT2D eigenvalue weighted by Crippen LogP contribution is -2.38. The fourth-order valence-electron chi connectivity index (χ4n) is 2.40. The monoisotopic (exact) mass is 332 g/mol. The highest BCUT2D eigenvalue weighted by Crippen LogP contribution is 2.30. The summed E-state index contributed by atoms with van der Waals surface area (Å²) < 4.78 is 11.1. The lowest BCUT2D eigenvalue weighted by Gasteiger charge is -2.24. The van der Waals surface area contributed by atoms with Gasteiger partial charge in [-0.05, 0) is 36.1 Å². The van der Waals surface area contributed by atoms with Crippen molar-refractivity contribution in [2.75, 3.05) is 20.3 Å². The molecule has 0 fully saturated rings. The van der Waals surface area contributed by atoms with Gasteiger partial charge in [0.15, 0.2) is 11.5 Å². The van der Waals surface area contributed by atoms with Crippen LogP contribution in [-0.4, -0.2) is 31.2 Å². The topological polar surface area (TPSA) is 50.8 Å². The van der Waals surface area contributed by atoms with Gasteiger partial charge in [-0.25, -0.2) is 4.79 Å².